The van der Waals surface area contributed by atoms with Crippen molar-refractivity contribution in [2.24, 2.45) is 0 Å². The van der Waals surface area contributed by atoms with Gasteiger partial charge in [-0.1, -0.05) is 19.3 Å². The van der Waals surface area contributed by atoms with Crippen molar-refractivity contribution < 1.29 is 24.2 Å². The van der Waals surface area contributed by atoms with Gasteiger partial charge in [0, 0.05) is 13.1 Å². The lowest BCUT2D eigenvalue weighted by Crippen LogP contribution is -2.62. The predicted molar refractivity (Wildman–Crippen MR) is 87.4 cm³/mol. The molecule has 1 heterocycles. The zero-order valence-electron chi connectivity index (χ0n) is 14.5. The number of aliphatic carboxylic acids is 1. The fraction of sp³-hybridized carbons (Fsp3) is 0.824. The number of nitrogens with zero attached hydrogens (tertiary/aromatic N) is 1. The summed E-state index contributed by atoms with van der Waals surface area (Å²) in [6.45, 7) is 5.07. The minimum atomic E-state index is -1.04. The van der Waals surface area contributed by atoms with E-state index in [-0.39, 0.29) is 11.8 Å². The van der Waals surface area contributed by atoms with Crippen molar-refractivity contribution in [3.8, 4) is 0 Å². The van der Waals surface area contributed by atoms with Crippen molar-refractivity contribution in [3.63, 3.8) is 0 Å². The zero-order valence-corrected chi connectivity index (χ0v) is 14.5. The quantitative estimate of drug-likeness (QED) is 0.760. The second-order valence-electron chi connectivity index (χ2n) is 6.64. The Morgan fingerprint density at radius 2 is 1.67 bits per heavy atom. The summed E-state index contributed by atoms with van der Waals surface area (Å²) in [6.07, 6.45) is 3.10. The van der Waals surface area contributed by atoms with Gasteiger partial charge in [-0.25, -0.2) is 4.79 Å². The molecule has 2 aliphatic rings. The summed E-state index contributed by atoms with van der Waals surface area (Å²) in [5.41, 5.74) is -0.869. The summed E-state index contributed by atoms with van der Waals surface area (Å²) in [5.74, 6) is -1.44. The summed E-state index contributed by atoms with van der Waals surface area (Å²) in [4.78, 5) is 38.3. The SMILES string of the molecule is CCN(CC)C(=O)C1(NC(=O)[C@@H]2CC[C@H](C(=O)O)O2)CCCCC1. The van der Waals surface area contributed by atoms with Gasteiger partial charge >= 0.3 is 5.97 Å². The van der Waals surface area contributed by atoms with Gasteiger partial charge in [-0.15, -0.1) is 0 Å². The summed E-state index contributed by atoms with van der Waals surface area (Å²) < 4.78 is 5.33. The van der Waals surface area contributed by atoms with Crippen LogP contribution in [0.5, 0.6) is 0 Å². The van der Waals surface area contributed by atoms with E-state index in [4.69, 9.17) is 9.84 Å². The molecule has 1 saturated carbocycles. The minimum Gasteiger partial charge on any atom is -0.479 e. The molecular weight excluding hydrogens is 312 g/mol. The smallest absolute Gasteiger partial charge is 0.332 e. The minimum absolute atomic E-state index is 0.0340. The van der Waals surface area contributed by atoms with Crippen LogP contribution in [0.15, 0.2) is 0 Å². The molecule has 2 amide bonds. The Morgan fingerprint density at radius 3 is 2.17 bits per heavy atom. The Kier molecular flexibility index (Phi) is 6.21. The Bertz CT molecular complexity index is 483. The fourth-order valence-electron chi connectivity index (χ4n) is 3.69. The van der Waals surface area contributed by atoms with Crippen molar-refractivity contribution in [1.82, 2.24) is 10.2 Å². The molecule has 0 aromatic rings. The molecule has 0 bridgehead atoms. The molecule has 0 aromatic carbocycles. The van der Waals surface area contributed by atoms with Gasteiger partial charge in [0.1, 0.15) is 11.6 Å². The number of hydrogen-bond acceptors (Lipinski definition) is 4. The van der Waals surface area contributed by atoms with E-state index in [1.54, 1.807) is 4.90 Å². The van der Waals surface area contributed by atoms with Gasteiger partial charge in [0.25, 0.3) is 0 Å². The van der Waals surface area contributed by atoms with Gasteiger partial charge in [0.05, 0.1) is 0 Å². The molecular formula is C17H28N2O5. The molecule has 1 saturated heterocycles. The number of carboxylic acids is 1. The van der Waals surface area contributed by atoms with E-state index in [0.29, 0.717) is 38.8 Å². The van der Waals surface area contributed by atoms with Crippen LogP contribution in [0.1, 0.15) is 58.8 Å². The summed E-state index contributed by atoms with van der Waals surface area (Å²) in [6, 6.07) is 0. The Morgan fingerprint density at radius 1 is 1.08 bits per heavy atom. The maximum atomic E-state index is 13.0. The molecule has 7 nitrogen and oxygen atoms in total. The molecule has 0 radical (unpaired) electrons. The third kappa shape index (κ3) is 3.88. The number of likely N-dealkylation sites (N-methyl/N-ethyl adjacent to an activating group) is 1. The standard InChI is InChI=1S/C17H28N2O5/c1-3-19(4-2)16(23)17(10-6-5-7-11-17)18-14(20)12-8-9-13(24-12)15(21)22/h12-13H,3-11H2,1-2H3,(H,18,20)(H,21,22)/t12-,13+/m0/s1. The number of amides is 2. The largest absolute Gasteiger partial charge is 0.479 e. The first-order valence-corrected chi connectivity index (χ1v) is 8.93. The molecule has 2 fully saturated rings. The van der Waals surface area contributed by atoms with Gasteiger partial charge in [0.15, 0.2) is 6.10 Å². The summed E-state index contributed by atoms with van der Waals surface area (Å²) in [7, 11) is 0. The maximum Gasteiger partial charge on any atom is 0.332 e. The first-order valence-electron chi connectivity index (χ1n) is 8.93. The van der Waals surface area contributed by atoms with Crippen LogP contribution >= 0.6 is 0 Å². The molecule has 2 atom stereocenters. The average Bonchev–Trinajstić information content (AvgIpc) is 3.07. The molecule has 0 unspecified atom stereocenters. The lowest BCUT2D eigenvalue weighted by atomic mass is 9.80. The first kappa shape index (κ1) is 18.7. The van der Waals surface area contributed by atoms with E-state index >= 15 is 0 Å². The summed E-state index contributed by atoms with van der Waals surface area (Å²) in [5, 5.41) is 11.9. The second kappa shape index (κ2) is 7.96. The Labute approximate surface area is 142 Å². The van der Waals surface area contributed by atoms with Crippen molar-refractivity contribution >= 4 is 17.8 Å². The molecule has 136 valence electrons. The van der Waals surface area contributed by atoms with Crippen LogP contribution in [-0.2, 0) is 19.1 Å². The van der Waals surface area contributed by atoms with Gasteiger partial charge in [-0.05, 0) is 39.5 Å². The van der Waals surface area contributed by atoms with Crippen molar-refractivity contribution in [1.29, 1.82) is 0 Å². The first-order chi connectivity index (χ1) is 11.4. The van der Waals surface area contributed by atoms with Crippen LogP contribution in [-0.4, -0.2) is 58.6 Å². The van der Waals surface area contributed by atoms with Crippen LogP contribution in [0.2, 0.25) is 0 Å². The van der Waals surface area contributed by atoms with Crippen LogP contribution < -0.4 is 5.32 Å². The number of rotatable bonds is 6. The second-order valence-corrected chi connectivity index (χ2v) is 6.64. The van der Waals surface area contributed by atoms with Crippen LogP contribution in [0.3, 0.4) is 0 Å². The number of carbonyl (C=O) groups excluding carboxylic acids is 2. The number of ether oxygens (including phenoxy) is 1. The normalized spacial score (nSPS) is 25.9. The monoisotopic (exact) mass is 340 g/mol. The highest BCUT2D eigenvalue weighted by molar-refractivity contribution is 5.93. The molecule has 7 heteroatoms. The van der Waals surface area contributed by atoms with Crippen molar-refractivity contribution in [2.75, 3.05) is 13.1 Å². The molecule has 0 aromatic heterocycles. The Balaban J connectivity index is 2.10. The van der Waals surface area contributed by atoms with E-state index < -0.39 is 23.7 Å². The Hall–Kier alpha value is -1.63. The highest BCUT2D eigenvalue weighted by Gasteiger charge is 2.45. The number of hydrogen-bond donors (Lipinski definition) is 2. The predicted octanol–water partition coefficient (Wildman–Crippen LogP) is 1.31. The molecule has 0 spiro atoms. The highest BCUT2D eigenvalue weighted by Crippen LogP contribution is 2.31. The van der Waals surface area contributed by atoms with E-state index in [2.05, 4.69) is 5.32 Å². The van der Waals surface area contributed by atoms with E-state index in [1.165, 1.54) is 0 Å². The number of carbonyl (C=O) groups is 3. The topological polar surface area (TPSA) is 95.9 Å². The van der Waals surface area contributed by atoms with E-state index in [9.17, 15) is 14.4 Å². The van der Waals surface area contributed by atoms with Gasteiger partial charge < -0.3 is 20.1 Å². The maximum absolute atomic E-state index is 13.0. The lowest BCUT2D eigenvalue weighted by Gasteiger charge is -2.40. The van der Waals surface area contributed by atoms with E-state index in [1.807, 2.05) is 13.8 Å². The third-order valence-electron chi connectivity index (χ3n) is 5.12. The van der Waals surface area contributed by atoms with Crippen LogP contribution in [0, 0.1) is 0 Å². The zero-order chi connectivity index (χ0) is 17.7. The van der Waals surface area contributed by atoms with Gasteiger partial charge in [0.2, 0.25) is 11.8 Å². The molecule has 2 N–H and O–H groups in total. The van der Waals surface area contributed by atoms with Crippen LogP contribution in [0.4, 0.5) is 0 Å². The molecule has 2 rings (SSSR count). The van der Waals surface area contributed by atoms with Crippen molar-refractivity contribution in [2.45, 2.75) is 76.5 Å². The lowest BCUT2D eigenvalue weighted by molar-refractivity contribution is -0.154. The van der Waals surface area contributed by atoms with Crippen molar-refractivity contribution in [3.05, 3.63) is 0 Å². The molecule has 24 heavy (non-hydrogen) atoms. The molecule has 1 aliphatic heterocycles. The average molecular weight is 340 g/mol. The molecule has 1 aliphatic carbocycles. The number of carboxylic acid groups (broad SMARTS) is 1. The summed E-state index contributed by atoms with van der Waals surface area (Å²) >= 11 is 0. The fourth-order valence-corrected chi connectivity index (χ4v) is 3.69. The van der Waals surface area contributed by atoms with Crippen LogP contribution in [0.25, 0.3) is 0 Å². The van der Waals surface area contributed by atoms with Gasteiger partial charge in [-0.2, -0.15) is 0 Å². The van der Waals surface area contributed by atoms with E-state index in [0.717, 1.165) is 19.3 Å². The third-order valence-corrected chi connectivity index (χ3v) is 5.12. The highest BCUT2D eigenvalue weighted by atomic mass is 16.5. The number of nitrogens with one attached hydrogen (secondary N) is 1. The van der Waals surface area contributed by atoms with Gasteiger partial charge in [-0.3, -0.25) is 9.59 Å².